The van der Waals surface area contributed by atoms with E-state index in [4.69, 9.17) is 10.5 Å². The van der Waals surface area contributed by atoms with E-state index < -0.39 is 24.4 Å². The monoisotopic (exact) mass is 335 g/mol. The Balaban J connectivity index is 2.00. The number of carbonyl (C=O) groups excluding carboxylic acids is 1. The van der Waals surface area contributed by atoms with Gasteiger partial charge in [0, 0.05) is 12.5 Å². The molecule has 0 aromatic carbocycles. The summed E-state index contributed by atoms with van der Waals surface area (Å²) in [6.07, 6.45) is 2.27. The fraction of sp³-hybridized carbons (Fsp3) is 0.429. The number of hydrogen-bond acceptors (Lipinski definition) is 9. The molecule has 0 amide bonds. The molecule has 0 aliphatic carbocycles. The van der Waals surface area contributed by atoms with Crippen LogP contribution in [0.3, 0.4) is 0 Å². The van der Waals surface area contributed by atoms with E-state index in [1.807, 2.05) is 0 Å². The van der Waals surface area contributed by atoms with Crippen molar-refractivity contribution in [2.24, 2.45) is 0 Å². The molecule has 4 N–H and O–H groups in total. The van der Waals surface area contributed by atoms with E-state index in [0.29, 0.717) is 17.6 Å². The summed E-state index contributed by atoms with van der Waals surface area (Å²) in [7, 11) is 1.26. The molecule has 1 saturated heterocycles. The molecule has 1 aliphatic rings. The molecule has 3 heterocycles. The normalized spacial score (nSPS) is 24.0. The van der Waals surface area contributed by atoms with Crippen molar-refractivity contribution in [2.45, 2.75) is 24.9 Å². The number of ether oxygens (including phenoxy) is 2. The number of anilines is 1. The summed E-state index contributed by atoms with van der Waals surface area (Å²) in [6, 6.07) is 0. The van der Waals surface area contributed by atoms with Crippen molar-refractivity contribution in [1.29, 1.82) is 0 Å². The maximum atomic E-state index is 11.2. The van der Waals surface area contributed by atoms with Crippen LogP contribution < -0.4 is 5.73 Å². The fourth-order valence-corrected chi connectivity index (χ4v) is 2.52. The quantitative estimate of drug-likeness (QED) is 0.484. The first-order valence-corrected chi connectivity index (χ1v) is 7.24. The van der Waals surface area contributed by atoms with Crippen LogP contribution in [-0.2, 0) is 14.3 Å². The van der Waals surface area contributed by atoms with Crippen LogP contribution in [0.1, 0.15) is 18.5 Å². The number of aliphatic hydroxyl groups is 2. The number of nitrogen functional groups attached to an aromatic ring is 1. The SMILES string of the molecule is COC(=O)/C=C/c1nc(N)c2ncn([C@@H]3O[C@H](CO)C[C@@H]3O)c2n1. The summed E-state index contributed by atoms with van der Waals surface area (Å²) >= 11 is 0. The number of rotatable bonds is 4. The van der Waals surface area contributed by atoms with Crippen LogP contribution in [-0.4, -0.2) is 61.6 Å². The summed E-state index contributed by atoms with van der Waals surface area (Å²) in [4.78, 5) is 23.7. The fourth-order valence-electron chi connectivity index (χ4n) is 2.52. The Morgan fingerprint density at radius 2 is 2.38 bits per heavy atom. The van der Waals surface area contributed by atoms with E-state index in [2.05, 4.69) is 19.7 Å². The summed E-state index contributed by atoms with van der Waals surface area (Å²) < 4.78 is 11.6. The molecular weight excluding hydrogens is 318 g/mol. The van der Waals surface area contributed by atoms with Gasteiger partial charge in [-0.3, -0.25) is 4.57 Å². The third-order valence-corrected chi connectivity index (χ3v) is 3.68. The number of hydrogen-bond donors (Lipinski definition) is 3. The van der Waals surface area contributed by atoms with Crippen LogP contribution in [0.2, 0.25) is 0 Å². The third-order valence-electron chi connectivity index (χ3n) is 3.68. The van der Waals surface area contributed by atoms with Crippen molar-refractivity contribution < 1.29 is 24.5 Å². The maximum Gasteiger partial charge on any atom is 0.330 e. The van der Waals surface area contributed by atoms with Crippen LogP contribution in [0.15, 0.2) is 12.4 Å². The van der Waals surface area contributed by atoms with Crippen LogP contribution in [0.25, 0.3) is 17.2 Å². The molecule has 3 rings (SSSR count). The molecule has 128 valence electrons. The Morgan fingerprint density at radius 1 is 1.58 bits per heavy atom. The summed E-state index contributed by atoms with van der Waals surface area (Å²) in [6.45, 7) is -0.190. The number of fused-ring (bicyclic) bond motifs is 1. The van der Waals surface area contributed by atoms with E-state index in [-0.39, 0.29) is 18.2 Å². The highest BCUT2D eigenvalue weighted by Crippen LogP contribution is 2.31. The Labute approximate surface area is 136 Å². The number of nitrogens with two attached hydrogens (primary N) is 1. The molecule has 2 aromatic heterocycles. The van der Waals surface area contributed by atoms with Gasteiger partial charge in [0.15, 0.2) is 23.5 Å². The van der Waals surface area contributed by atoms with Gasteiger partial charge < -0.3 is 25.4 Å². The van der Waals surface area contributed by atoms with Crippen LogP contribution in [0, 0.1) is 0 Å². The maximum absolute atomic E-state index is 11.2. The molecule has 0 saturated carbocycles. The zero-order valence-corrected chi connectivity index (χ0v) is 12.9. The van der Waals surface area contributed by atoms with Gasteiger partial charge >= 0.3 is 5.97 Å². The van der Waals surface area contributed by atoms with E-state index in [1.165, 1.54) is 30.2 Å². The number of imidazole rings is 1. The second-order valence-corrected chi connectivity index (χ2v) is 5.28. The van der Waals surface area contributed by atoms with Gasteiger partial charge in [0.25, 0.3) is 0 Å². The molecule has 10 heteroatoms. The summed E-state index contributed by atoms with van der Waals surface area (Å²) in [5, 5.41) is 19.3. The van der Waals surface area contributed by atoms with Gasteiger partial charge in [-0.05, 0) is 6.08 Å². The van der Waals surface area contributed by atoms with Crippen molar-refractivity contribution in [1.82, 2.24) is 19.5 Å². The standard InChI is InChI=1S/C14H17N5O5/c1-23-10(22)3-2-9-17-12(15)11-13(18-9)19(6-16-11)14-8(21)4-7(5-20)24-14/h2-3,6-8,14,20-21H,4-5H2,1H3,(H2,15,17,18)/b3-2+/t7-,8-,14+/m0/s1. The smallest absolute Gasteiger partial charge is 0.330 e. The lowest BCUT2D eigenvalue weighted by Crippen LogP contribution is -2.19. The second-order valence-electron chi connectivity index (χ2n) is 5.28. The van der Waals surface area contributed by atoms with Crippen molar-refractivity contribution in [3.63, 3.8) is 0 Å². The van der Waals surface area contributed by atoms with Crippen LogP contribution in [0.5, 0.6) is 0 Å². The number of aliphatic hydroxyl groups excluding tert-OH is 2. The van der Waals surface area contributed by atoms with Gasteiger partial charge in [0.1, 0.15) is 11.6 Å². The Bertz CT molecular complexity index is 789. The predicted molar refractivity (Wildman–Crippen MR) is 82.4 cm³/mol. The highest BCUT2D eigenvalue weighted by molar-refractivity contribution is 5.87. The van der Waals surface area contributed by atoms with Crippen molar-refractivity contribution in [3.8, 4) is 0 Å². The number of nitrogens with zero attached hydrogens (tertiary/aromatic N) is 4. The van der Waals surface area contributed by atoms with E-state index in [0.717, 1.165) is 0 Å². The minimum atomic E-state index is -0.815. The minimum Gasteiger partial charge on any atom is -0.466 e. The molecule has 1 aliphatic heterocycles. The van der Waals surface area contributed by atoms with E-state index in [1.54, 1.807) is 0 Å². The Kier molecular flexibility index (Phi) is 4.42. The van der Waals surface area contributed by atoms with Crippen molar-refractivity contribution in [2.75, 3.05) is 19.5 Å². The lowest BCUT2D eigenvalue weighted by Gasteiger charge is -2.16. The minimum absolute atomic E-state index is 0.134. The van der Waals surface area contributed by atoms with Gasteiger partial charge in [-0.2, -0.15) is 0 Å². The molecule has 1 fully saturated rings. The molecule has 0 spiro atoms. The molecule has 24 heavy (non-hydrogen) atoms. The number of methoxy groups -OCH3 is 1. The van der Waals surface area contributed by atoms with Gasteiger partial charge in [-0.15, -0.1) is 0 Å². The van der Waals surface area contributed by atoms with Crippen molar-refractivity contribution >= 4 is 29.0 Å². The van der Waals surface area contributed by atoms with Gasteiger partial charge in [0.05, 0.1) is 26.1 Å². The lowest BCUT2D eigenvalue weighted by molar-refractivity contribution is -0.134. The first-order chi connectivity index (χ1) is 11.5. The highest BCUT2D eigenvalue weighted by atomic mass is 16.5. The predicted octanol–water partition coefficient (Wildman–Crippen LogP) is -0.765. The molecule has 0 unspecified atom stereocenters. The summed E-state index contributed by atoms with van der Waals surface area (Å²) in [5.41, 5.74) is 6.59. The molecule has 0 bridgehead atoms. The van der Waals surface area contributed by atoms with E-state index >= 15 is 0 Å². The van der Waals surface area contributed by atoms with Crippen molar-refractivity contribution in [3.05, 3.63) is 18.2 Å². The van der Waals surface area contributed by atoms with Crippen LogP contribution >= 0.6 is 0 Å². The first-order valence-electron chi connectivity index (χ1n) is 7.24. The molecule has 2 aromatic rings. The molecular formula is C14H17N5O5. The largest absolute Gasteiger partial charge is 0.466 e. The zero-order chi connectivity index (χ0) is 17.3. The van der Waals surface area contributed by atoms with Gasteiger partial charge in [-0.25, -0.2) is 19.7 Å². The van der Waals surface area contributed by atoms with Crippen LogP contribution in [0.4, 0.5) is 5.82 Å². The summed E-state index contributed by atoms with van der Waals surface area (Å²) in [5.74, 6) is -0.223. The number of carbonyl (C=O) groups is 1. The zero-order valence-electron chi connectivity index (χ0n) is 12.9. The Hall–Kier alpha value is -2.56. The average Bonchev–Trinajstić information content (AvgIpc) is 3.15. The number of aromatic nitrogens is 4. The molecule has 3 atom stereocenters. The molecule has 10 nitrogen and oxygen atoms in total. The molecule has 0 radical (unpaired) electrons. The van der Waals surface area contributed by atoms with Gasteiger partial charge in [0.2, 0.25) is 0 Å². The average molecular weight is 335 g/mol. The van der Waals surface area contributed by atoms with Gasteiger partial charge in [-0.1, -0.05) is 0 Å². The Morgan fingerprint density at radius 3 is 3.04 bits per heavy atom. The highest BCUT2D eigenvalue weighted by Gasteiger charge is 2.36. The van der Waals surface area contributed by atoms with E-state index in [9.17, 15) is 15.0 Å². The number of esters is 1. The lowest BCUT2D eigenvalue weighted by atomic mass is 10.2. The second kappa shape index (κ2) is 6.51. The first kappa shape index (κ1) is 16.3. The third kappa shape index (κ3) is 2.94. The topological polar surface area (TPSA) is 146 Å².